The Balaban J connectivity index is 1.94. The zero-order valence-corrected chi connectivity index (χ0v) is 11.2. The fourth-order valence-electron chi connectivity index (χ4n) is 2.06. The van der Waals surface area contributed by atoms with Crippen molar-refractivity contribution in [2.45, 2.75) is 64.8 Å². The quantitative estimate of drug-likeness (QED) is 0.433. The monoisotopic (exact) mass is 223 g/mol. The van der Waals surface area contributed by atoms with Crippen LogP contribution in [0.25, 0.3) is 0 Å². The largest absolute Gasteiger partial charge is 0.314 e. The second-order valence-corrected chi connectivity index (χ2v) is 5.56. The van der Waals surface area contributed by atoms with Crippen molar-refractivity contribution in [1.29, 1.82) is 0 Å². The predicted molar refractivity (Wildman–Crippen MR) is 72.6 cm³/mol. The van der Waals surface area contributed by atoms with Gasteiger partial charge in [-0.25, -0.2) is 0 Å². The van der Waals surface area contributed by atoms with E-state index < -0.39 is 0 Å². The molecule has 0 bridgehead atoms. The summed E-state index contributed by atoms with van der Waals surface area (Å²) in [6.45, 7) is 9.78. The van der Waals surface area contributed by atoms with E-state index in [2.05, 4.69) is 25.7 Å². The highest BCUT2D eigenvalue weighted by atomic mass is 14.9. The average molecular weight is 223 g/mol. The highest BCUT2D eigenvalue weighted by Crippen LogP contribution is 2.22. The van der Waals surface area contributed by atoms with Crippen LogP contribution in [-0.4, -0.2) is 12.6 Å². The Bertz CT molecular complexity index is 184. The molecule has 0 aliphatic heterocycles. The van der Waals surface area contributed by atoms with Crippen LogP contribution >= 0.6 is 0 Å². The van der Waals surface area contributed by atoms with Crippen molar-refractivity contribution in [3.8, 4) is 0 Å². The molecule has 0 saturated heterocycles. The van der Waals surface area contributed by atoms with E-state index in [0.29, 0.717) is 0 Å². The normalized spacial score (nSPS) is 19.4. The van der Waals surface area contributed by atoms with E-state index in [0.717, 1.165) is 17.9 Å². The van der Waals surface area contributed by atoms with Crippen LogP contribution in [0.2, 0.25) is 0 Å². The maximum absolute atomic E-state index is 3.76. The number of unbranched alkanes of at least 4 members (excludes halogenated alkanes) is 3. The molecule has 0 amide bonds. The van der Waals surface area contributed by atoms with E-state index in [-0.39, 0.29) is 0 Å². The third-order valence-electron chi connectivity index (χ3n) is 3.84. The lowest BCUT2D eigenvalue weighted by Gasteiger charge is -2.20. The van der Waals surface area contributed by atoms with Gasteiger partial charge in [-0.15, -0.1) is 6.58 Å². The number of allylic oxidation sites excluding steroid dienone is 1. The summed E-state index contributed by atoms with van der Waals surface area (Å²) in [5.41, 5.74) is 0. The van der Waals surface area contributed by atoms with Gasteiger partial charge in [0.2, 0.25) is 0 Å². The fourth-order valence-corrected chi connectivity index (χ4v) is 2.06. The van der Waals surface area contributed by atoms with Gasteiger partial charge < -0.3 is 5.32 Å². The van der Waals surface area contributed by atoms with Gasteiger partial charge in [0.1, 0.15) is 0 Å². The van der Waals surface area contributed by atoms with Crippen LogP contribution in [0.1, 0.15) is 58.8 Å². The van der Waals surface area contributed by atoms with E-state index in [9.17, 15) is 0 Å². The van der Waals surface area contributed by atoms with Crippen molar-refractivity contribution in [1.82, 2.24) is 5.32 Å². The van der Waals surface area contributed by atoms with Gasteiger partial charge in [0.05, 0.1) is 0 Å². The standard InChI is InChI=1S/C15H29N/c1-4-5-6-7-8-9-13(2)14(3)12-16-15-10-11-15/h4,13-16H,1,5-12H2,2-3H3. The number of hydrogen-bond acceptors (Lipinski definition) is 1. The summed E-state index contributed by atoms with van der Waals surface area (Å²) in [7, 11) is 0. The lowest BCUT2D eigenvalue weighted by atomic mass is 9.90. The van der Waals surface area contributed by atoms with Crippen molar-refractivity contribution in [2.75, 3.05) is 6.54 Å². The van der Waals surface area contributed by atoms with E-state index in [4.69, 9.17) is 0 Å². The second kappa shape index (κ2) is 7.89. The second-order valence-electron chi connectivity index (χ2n) is 5.56. The van der Waals surface area contributed by atoms with Crippen LogP contribution in [0, 0.1) is 11.8 Å². The lowest BCUT2D eigenvalue weighted by Crippen LogP contribution is -2.26. The maximum Gasteiger partial charge on any atom is 0.00683 e. The van der Waals surface area contributed by atoms with E-state index >= 15 is 0 Å². The SMILES string of the molecule is C=CCCCCCC(C)C(C)CNC1CC1. The minimum absolute atomic E-state index is 0.833. The third-order valence-corrected chi connectivity index (χ3v) is 3.84. The Morgan fingerprint density at radius 2 is 1.94 bits per heavy atom. The molecule has 0 radical (unpaired) electrons. The van der Waals surface area contributed by atoms with Crippen LogP contribution < -0.4 is 5.32 Å². The lowest BCUT2D eigenvalue weighted by molar-refractivity contribution is 0.336. The average Bonchev–Trinajstić information content (AvgIpc) is 3.09. The van der Waals surface area contributed by atoms with Crippen molar-refractivity contribution in [3.63, 3.8) is 0 Å². The molecule has 2 atom stereocenters. The van der Waals surface area contributed by atoms with Crippen molar-refractivity contribution in [2.24, 2.45) is 11.8 Å². The van der Waals surface area contributed by atoms with Gasteiger partial charge in [-0.1, -0.05) is 39.2 Å². The summed E-state index contributed by atoms with van der Waals surface area (Å²) in [6, 6.07) is 0.863. The number of hydrogen-bond donors (Lipinski definition) is 1. The van der Waals surface area contributed by atoms with Crippen LogP contribution in [0.5, 0.6) is 0 Å². The molecule has 16 heavy (non-hydrogen) atoms. The molecule has 1 nitrogen and oxygen atoms in total. The highest BCUT2D eigenvalue weighted by molar-refractivity contribution is 4.81. The van der Waals surface area contributed by atoms with Crippen molar-refractivity contribution in [3.05, 3.63) is 12.7 Å². The molecule has 1 fully saturated rings. The van der Waals surface area contributed by atoms with Gasteiger partial charge in [0.15, 0.2) is 0 Å². The molecule has 0 spiro atoms. The van der Waals surface area contributed by atoms with Crippen molar-refractivity contribution >= 4 is 0 Å². The zero-order valence-electron chi connectivity index (χ0n) is 11.2. The molecule has 1 aliphatic carbocycles. The van der Waals surface area contributed by atoms with Crippen LogP contribution in [-0.2, 0) is 0 Å². The number of rotatable bonds is 10. The molecule has 1 aliphatic rings. The molecule has 2 unspecified atom stereocenters. The summed E-state index contributed by atoms with van der Waals surface area (Å²) in [5.74, 6) is 1.70. The molecule has 0 aromatic heterocycles. The summed E-state index contributed by atoms with van der Waals surface area (Å²) in [6.07, 6.45) is 11.5. The van der Waals surface area contributed by atoms with Gasteiger partial charge in [-0.2, -0.15) is 0 Å². The molecular weight excluding hydrogens is 194 g/mol. The minimum Gasteiger partial charge on any atom is -0.314 e. The first-order valence-corrected chi connectivity index (χ1v) is 7.08. The Hall–Kier alpha value is -0.300. The molecule has 0 aromatic rings. The van der Waals surface area contributed by atoms with E-state index in [1.54, 1.807) is 0 Å². The summed E-state index contributed by atoms with van der Waals surface area (Å²) in [5, 5.41) is 3.63. The van der Waals surface area contributed by atoms with E-state index in [1.807, 2.05) is 6.08 Å². The molecular formula is C15H29N. The van der Waals surface area contributed by atoms with Crippen molar-refractivity contribution < 1.29 is 0 Å². The highest BCUT2D eigenvalue weighted by Gasteiger charge is 2.22. The van der Waals surface area contributed by atoms with Crippen LogP contribution in [0.15, 0.2) is 12.7 Å². The molecule has 1 saturated carbocycles. The van der Waals surface area contributed by atoms with Gasteiger partial charge >= 0.3 is 0 Å². The van der Waals surface area contributed by atoms with Gasteiger partial charge in [-0.05, 0) is 44.1 Å². The molecule has 0 heterocycles. The van der Waals surface area contributed by atoms with Gasteiger partial charge in [0, 0.05) is 6.04 Å². The first-order valence-electron chi connectivity index (χ1n) is 7.08. The molecule has 0 aromatic carbocycles. The van der Waals surface area contributed by atoms with Gasteiger partial charge in [-0.3, -0.25) is 0 Å². The summed E-state index contributed by atoms with van der Waals surface area (Å²) < 4.78 is 0. The zero-order chi connectivity index (χ0) is 11.8. The summed E-state index contributed by atoms with van der Waals surface area (Å²) >= 11 is 0. The molecule has 1 heteroatoms. The third kappa shape index (κ3) is 6.32. The summed E-state index contributed by atoms with van der Waals surface area (Å²) in [4.78, 5) is 0. The van der Waals surface area contributed by atoms with Gasteiger partial charge in [0.25, 0.3) is 0 Å². The minimum atomic E-state index is 0.833. The Labute approximate surface area is 102 Å². The van der Waals surface area contributed by atoms with E-state index in [1.165, 1.54) is 51.5 Å². The number of nitrogens with one attached hydrogen (secondary N) is 1. The Morgan fingerprint density at radius 3 is 2.56 bits per heavy atom. The molecule has 1 rings (SSSR count). The maximum atomic E-state index is 3.76. The first-order chi connectivity index (χ1) is 7.74. The topological polar surface area (TPSA) is 12.0 Å². The molecule has 1 N–H and O–H groups in total. The fraction of sp³-hybridized carbons (Fsp3) is 0.867. The predicted octanol–water partition coefficient (Wildman–Crippen LogP) is 4.15. The first kappa shape index (κ1) is 13.8. The Morgan fingerprint density at radius 1 is 1.19 bits per heavy atom. The Kier molecular flexibility index (Phi) is 6.79. The van der Waals surface area contributed by atoms with Crippen LogP contribution in [0.3, 0.4) is 0 Å². The van der Waals surface area contributed by atoms with Crippen LogP contribution in [0.4, 0.5) is 0 Å². The molecule has 94 valence electrons. The smallest absolute Gasteiger partial charge is 0.00683 e.